The number of hydrogen-bond acceptors (Lipinski definition) is 3. The third kappa shape index (κ3) is 2.38. The van der Waals surface area contributed by atoms with E-state index in [1.165, 1.54) is 16.7 Å². The van der Waals surface area contributed by atoms with Gasteiger partial charge in [-0.3, -0.25) is 0 Å². The highest BCUT2D eigenvalue weighted by atomic mass is 127. The van der Waals surface area contributed by atoms with Crippen molar-refractivity contribution in [2.24, 2.45) is 5.73 Å². The van der Waals surface area contributed by atoms with Crippen molar-refractivity contribution in [2.45, 2.75) is 12.7 Å². The monoisotopic (exact) mass is 374 g/mol. The van der Waals surface area contributed by atoms with Crippen molar-refractivity contribution in [3.63, 3.8) is 0 Å². The number of aromatic nitrogens is 3. The average Bonchev–Trinajstić information content (AvgIpc) is 2.66. The first-order valence-corrected chi connectivity index (χ1v) is 8.55. The smallest absolute Gasteiger partial charge is 0.326 e. The topological polar surface area (TPSA) is 56.7 Å². The summed E-state index contributed by atoms with van der Waals surface area (Å²) in [5.74, 6) is 0. The van der Waals surface area contributed by atoms with Crippen molar-refractivity contribution in [1.29, 1.82) is 0 Å². The van der Waals surface area contributed by atoms with Crippen molar-refractivity contribution in [3.05, 3.63) is 23.5 Å². The van der Waals surface area contributed by atoms with Gasteiger partial charge in [0.25, 0.3) is 0 Å². The summed E-state index contributed by atoms with van der Waals surface area (Å²) in [7, 11) is 0. The third-order valence-corrected chi connectivity index (χ3v) is 4.01. The van der Waals surface area contributed by atoms with E-state index in [0.29, 0.717) is 5.56 Å². The van der Waals surface area contributed by atoms with E-state index in [2.05, 4.69) is 10.1 Å². The molecule has 0 fully saturated rings. The van der Waals surface area contributed by atoms with Gasteiger partial charge in [0.1, 0.15) is 0 Å². The molecule has 2 aromatic rings. The summed E-state index contributed by atoms with van der Waals surface area (Å²) in [6.07, 6.45) is -2.94. The second kappa shape index (κ2) is 4.66. The summed E-state index contributed by atoms with van der Waals surface area (Å²) < 4.78 is 39.6. The van der Waals surface area contributed by atoms with E-state index in [0.717, 1.165) is 0 Å². The maximum Gasteiger partial charge on any atom is 0.435 e. The zero-order valence-corrected chi connectivity index (χ0v) is 11.5. The highest BCUT2D eigenvalue weighted by molar-refractivity contribution is 14.2. The average molecular weight is 374 g/mol. The Labute approximate surface area is 109 Å². The highest BCUT2D eigenvalue weighted by Crippen LogP contribution is 2.37. The molecular formula is C8H7F3IN4P. The fourth-order valence-corrected chi connectivity index (χ4v) is 2.83. The fourth-order valence-electron chi connectivity index (χ4n) is 1.43. The van der Waals surface area contributed by atoms with E-state index in [-0.39, 0.29) is 24.0 Å². The lowest BCUT2D eigenvalue weighted by molar-refractivity contribution is -0.140. The van der Waals surface area contributed by atoms with Crippen LogP contribution < -0.4 is 5.73 Å². The maximum absolute atomic E-state index is 12.8. The van der Waals surface area contributed by atoms with E-state index < -0.39 is 11.9 Å². The van der Waals surface area contributed by atoms with Crippen LogP contribution in [0.5, 0.6) is 0 Å². The van der Waals surface area contributed by atoms with E-state index in [1.807, 2.05) is 22.0 Å². The Morgan fingerprint density at radius 3 is 2.71 bits per heavy atom. The molecule has 1 unspecified atom stereocenters. The van der Waals surface area contributed by atoms with Crippen molar-refractivity contribution < 1.29 is 13.2 Å². The first-order valence-electron chi connectivity index (χ1n) is 4.49. The first-order chi connectivity index (χ1) is 7.97. The lowest BCUT2D eigenvalue weighted by atomic mass is 10.2. The highest BCUT2D eigenvalue weighted by Gasteiger charge is 2.37. The van der Waals surface area contributed by atoms with Gasteiger partial charge in [-0.1, -0.05) is 0 Å². The van der Waals surface area contributed by atoms with Crippen molar-refractivity contribution in [2.75, 3.05) is 0 Å². The van der Waals surface area contributed by atoms with Gasteiger partial charge in [0.15, 0.2) is 11.3 Å². The lowest BCUT2D eigenvalue weighted by Gasteiger charge is -2.02. The first kappa shape index (κ1) is 13.0. The van der Waals surface area contributed by atoms with Gasteiger partial charge in [-0.2, -0.15) is 18.3 Å². The summed E-state index contributed by atoms with van der Waals surface area (Å²) in [6.45, 7) is 0.151. The van der Waals surface area contributed by atoms with Crippen LogP contribution in [0.15, 0.2) is 12.3 Å². The summed E-state index contributed by atoms with van der Waals surface area (Å²) >= 11 is 1.96. The van der Waals surface area contributed by atoms with Crippen LogP contribution in [0.3, 0.4) is 0 Å². The molecule has 0 spiro atoms. The van der Waals surface area contributed by atoms with Gasteiger partial charge >= 0.3 is 6.18 Å². The minimum atomic E-state index is -4.48. The quantitative estimate of drug-likeness (QED) is 0.650. The minimum absolute atomic E-state index is 0.00427. The number of nitrogens with zero attached hydrogens (tertiary/aromatic N) is 3. The number of nitrogens with two attached hydrogens (primary N) is 1. The van der Waals surface area contributed by atoms with E-state index in [1.54, 1.807) is 0 Å². The van der Waals surface area contributed by atoms with Crippen LogP contribution in [0.2, 0.25) is 0 Å². The molecule has 2 heterocycles. The Kier molecular flexibility index (Phi) is 3.55. The van der Waals surface area contributed by atoms with Crippen molar-refractivity contribution in [3.8, 4) is 0 Å². The molecule has 0 saturated heterocycles. The van der Waals surface area contributed by atoms with Crippen LogP contribution in [0, 0.1) is 0 Å². The number of hydrogen-bond donors (Lipinski definition) is 1. The van der Waals surface area contributed by atoms with Gasteiger partial charge in [-0.25, -0.2) is 9.44 Å². The molecule has 2 rings (SSSR count). The molecule has 92 valence electrons. The van der Waals surface area contributed by atoms with Crippen LogP contribution in [0.25, 0.3) is 11.0 Å². The van der Waals surface area contributed by atoms with E-state index in [4.69, 9.17) is 5.73 Å². The molecule has 0 aliphatic carbocycles. The fraction of sp³-hybridized carbons (Fsp3) is 0.250. The van der Waals surface area contributed by atoms with Gasteiger partial charge in [-0.15, -0.1) is 0 Å². The molecule has 9 heteroatoms. The summed E-state index contributed by atoms with van der Waals surface area (Å²) in [4.78, 5) is 3.98. The Balaban J connectivity index is 2.75. The SMILES string of the molecule is NCc1cnc2c(c1)c(C(F)(F)F)nn2PI. The molecule has 2 aromatic heterocycles. The van der Waals surface area contributed by atoms with E-state index in [9.17, 15) is 13.2 Å². The Bertz CT molecular complexity index is 553. The number of rotatable bonds is 2. The second-order valence-electron chi connectivity index (χ2n) is 3.26. The largest absolute Gasteiger partial charge is 0.435 e. The molecule has 2 N–H and O–H groups in total. The van der Waals surface area contributed by atoms with Gasteiger partial charge in [0, 0.05) is 12.7 Å². The molecule has 17 heavy (non-hydrogen) atoms. The van der Waals surface area contributed by atoms with Crippen LogP contribution in [-0.4, -0.2) is 14.5 Å². The maximum atomic E-state index is 12.8. The summed E-state index contributed by atoms with van der Waals surface area (Å²) in [5, 5.41) is 3.55. The van der Waals surface area contributed by atoms with Crippen LogP contribution in [0.1, 0.15) is 11.3 Å². The molecule has 0 aliphatic heterocycles. The van der Waals surface area contributed by atoms with Crippen LogP contribution in [0.4, 0.5) is 13.2 Å². The molecule has 0 aromatic carbocycles. The Morgan fingerprint density at radius 2 is 2.18 bits per heavy atom. The number of halogens is 4. The normalized spacial score (nSPS) is 13.0. The molecule has 4 nitrogen and oxygen atoms in total. The Hall–Kier alpha value is -0.470. The molecule has 0 aliphatic rings. The summed E-state index contributed by atoms with van der Waals surface area (Å²) in [6, 6.07) is 1.39. The van der Waals surface area contributed by atoms with Crippen molar-refractivity contribution >= 4 is 39.4 Å². The zero-order valence-electron chi connectivity index (χ0n) is 8.29. The molecule has 0 bridgehead atoms. The summed E-state index contributed by atoms with van der Waals surface area (Å²) in [5.41, 5.74) is 5.28. The predicted octanol–water partition coefficient (Wildman–Crippen LogP) is 2.70. The number of alkyl halides is 3. The Morgan fingerprint density at radius 1 is 1.47 bits per heavy atom. The van der Waals surface area contributed by atoms with Gasteiger partial charge in [0.2, 0.25) is 0 Å². The van der Waals surface area contributed by atoms with E-state index >= 15 is 0 Å². The molecular weight excluding hydrogens is 367 g/mol. The molecule has 0 saturated carbocycles. The third-order valence-electron chi connectivity index (χ3n) is 2.16. The molecule has 1 atom stereocenters. The second-order valence-corrected chi connectivity index (χ2v) is 5.30. The van der Waals surface area contributed by atoms with Crippen LogP contribution >= 0.6 is 28.4 Å². The van der Waals surface area contributed by atoms with Gasteiger partial charge < -0.3 is 5.73 Å². The lowest BCUT2D eigenvalue weighted by Crippen LogP contribution is -2.06. The van der Waals surface area contributed by atoms with Gasteiger partial charge in [-0.05, 0) is 33.7 Å². The molecule has 0 amide bonds. The number of fused-ring (bicyclic) bond motifs is 1. The number of pyridine rings is 1. The van der Waals surface area contributed by atoms with Crippen molar-refractivity contribution in [1.82, 2.24) is 14.5 Å². The standard InChI is InChI=1S/C8H7F3IN4P/c9-8(10,11)6-5-1-4(2-13)3-14-7(5)16(15-6)17-12/h1,3,17H,2,13H2. The molecule has 0 radical (unpaired) electrons. The predicted molar refractivity (Wildman–Crippen MR) is 68.2 cm³/mol. The van der Waals surface area contributed by atoms with Crippen LogP contribution in [-0.2, 0) is 12.7 Å². The zero-order chi connectivity index (χ0) is 12.6. The minimum Gasteiger partial charge on any atom is -0.326 e. The van der Waals surface area contributed by atoms with Gasteiger partial charge in [0.05, 0.1) is 11.8 Å².